The summed E-state index contributed by atoms with van der Waals surface area (Å²) in [6, 6.07) is 6.13. The van der Waals surface area contributed by atoms with Crippen LogP contribution in [0, 0.1) is 0 Å². The molecule has 2 N–H and O–H groups in total. The Labute approximate surface area is 137 Å². The highest BCUT2D eigenvalue weighted by atomic mass is 16.6. The molecule has 1 fully saturated rings. The van der Waals surface area contributed by atoms with Gasteiger partial charge in [0.15, 0.2) is 5.96 Å². The van der Waals surface area contributed by atoms with Crippen molar-refractivity contribution in [3.05, 3.63) is 30.1 Å². The van der Waals surface area contributed by atoms with Crippen molar-refractivity contribution < 1.29 is 9.53 Å². The molecule has 0 atom stereocenters. The van der Waals surface area contributed by atoms with Gasteiger partial charge in [-0.1, -0.05) is 6.07 Å². The van der Waals surface area contributed by atoms with E-state index in [1.54, 1.807) is 18.1 Å². The van der Waals surface area contributed by atoms with E-state index in [0.29, 0.717) is 32.3 Å². The summed E-state index contributed by atoms with van der Waals surface area (Å²) in [6.45, 7) is 4.27. The molecule has 126 valence electrons. The SMILES string of the molecule is CCOC(=O)N1CCC(NC(=NC)NCc2ccccn2)CC1. The van der Waals surface area contributed by atoms with E-state index in [0.717, 1.165) is 24.5 Å². The number of hydrogen-bond donors (Lipinski definition) is 2. The first-order chi connectivity index (χ1) is 11.2. The van der Waals surface area contributed by atoms with Gasteiger partial charge in [-0.3, -0.25) is 9.98 Å². The van der Waals surface area contributed by atoms with E-state index in [1.807, 2.05) is 25.1 Å². The Bertz CT molecular complexity index is 512. The van der Waals surface area contributed by atoms with Crippen LogP contribution in [-0.4, -0.2) is 54.7 Å². The third-order valence-electron chi connectivity index (χ3n) is 3.75. The highest BCUT2D eigenvalue weighted by molar-refractivity contribution is 5.80. The van der Waals surface area contributed by atoms with E-state index in [-0.39, 0.29) is 6.09 Å². The van der Waals surface area contributed by atoms with Crippen LogP contribution in [-0.2, 0) is 11.3 Å². The van der Waals surface area contributed by atoms with Gasteiger partial charge in [-0.2, -0.15) is 0 Å². The molecule has 0 unspecified atom stereocenters. The molecule has 2 rings (SSSR count). The average Bonchev–Trinajstić information content (AvgIpc) is 2.60. The molecule has 2 heterocycles. The van der Waals surface area contributed by atoms with Crippen molar-refractivity contribution in [3.63, 3.8) is 0 Å². The molecular formula is C16H25N5O2. The maximum atomic E-state index is 11.7. The lowest BCUT2D eigenvalue weighted by Gasteiger charge is -2.32. The molecule has 1 aliphatic rings. The normalized spacial score (nSPS) is 16.1. The Hall–Kier alpha value is -2.31. The number of ether oxygens (including phenoxy) is 1. The van der Waals surface area contributed by atoms with Gasteiger partial charge in [-0.05, 0) is 31.9 Å². The lowest BCUT2D eigenvalue weighted by molar-refractivity contribution is 0.0963. The van der Waals surface area contributed by atoms with Crippen LogP contribution in [0.5, 0.6) is 0 Å². The van der Waals surface area contributed by atoms with Gasteiger partial charge in [0.25, 0.3) is 0 Å². The second kappa shape index (κ2) is 8.97. The Kier molecular flexibility index (Phi) is 6.65. The number of pyridine rings is 1. The molecule has 1 aromatic rings. The van der Waals surface area contributed by atoms with E-state index >= 15 is 0 Å². The first-order valence-electron chi connectivity index (χ1n) is 8.01. The lowest BCUT2D eigenvalue weighted by atomic mass is 10.1. The standard InChI is InChI=1S/C16H25N5O2/c1-3-23-16(22)21-10-7-13(8-11-21)20-15(17-2)19-12-14-6-4-5-9-18-14/h4-6,9,13H,3,7-8,10-12H2,1-2H3,(H2,17,19,20). The van der Waals surface area contributed by atoms with Gasteiger partial charge in [0.2, 0.25) is 0 Å². The Morgan fingerprint density at radius 1 is 1.43 bits per heavy atom. The molecule has 7 heteroatoms. The Balaban J connectivity index is 1.74. The first-order valence-corrected chi connectivity index (χ1v) is 8.01. The molecule has 0 aromatic carbocycles. The van der Waals surface area contributed by atoms with Gasteiger partial charge in [0.05, 0.1) is 18.8 Å². The molecule has 0 bridgehead atoms. The minimum absolute atomic E-state index is 0.219. The second-order valence-electron chi connectivity index (χ2n) is 5.35. The van der Waals surface area contributed by atoms with Crippen LogP contribution in [0.25, 0.3) is 0 Å². The van der Waals surface area contributed by atoms with Crippen LogP contribution in [0.15, 0.2) is 29.4 Å². The summed E-state index contributed by atoms with van der Waals surface area (Å²) in [7, 11) is 1.75. The van der Waals surface area contributed by atoms with Crippen molar-refractivity contribution in [2.75, 3.05) is 26.7 Å². The van der Waals surface area contributed by atoms with E-state index < -0.39 is 0 Å². The number of rotatable bonds is 4. The number of likely N-dealkylation sites (tertiary alicyclic amines) is 1. The Morgan fingerprint density at radius 2 is 2.22 bits per heavy atom. The summed E-state index contributed by atoms with van der Waals surface area (Å²) in [5.74, 6) is 0.755. The van der Waals surface area contributed by atoms with Crippen LogP contribution >= 0.6 is 0 Å². The molecule has 1 saturated heterocycles. The summed E-state index contributed by atoms with van der Waals surface area (Å²) < 4.78 is 5.03. The van der Waals surface area contributed by atoms with E-state index in [4.69, 9.17) is 4.74 Å². The maximum absolute atomic E-state index is 11.7. The molecule has 1 aromatic heterocycles. The number of carbonyl (C=O) groups excluding carboxylic acids is 1. The van der Waals surface area contributed by atoms with Crippen molar-refractivity contribution in [3.8, 4) is 0 Å². The minimum atomic E-state index is -0.219. The fourth-order valence-electron chi connectivity index (χ4n) is 2.49. The number of aromatic nitrogens is 1. The van der Waals surface area contributed by atoms with E-state index in [2.05, 4.69) is 20.6 Å². The molecule has 0 spiro atoms. The van der Waals surface area contributed by atoms with Crippen LogP contribution in [0.2, 0.25) is 0 Å². The molecule has 1 amide bonds. The second-order valence-corrected chi connectivity index (χ2v) is 5.35. The zero-order valence-electron chi connectivity index (χ0n) is 13.8. The zero-order valence-corrected chi connectivity index (χ0v) is 13.8. The largest absolute Gasteiger partial charge is 0.450 e. The van der Waals surface area contributed by atoms with Crippen molar-refractivity contribution >= 4 is 12.1 Å². The molecular weight excluding hydrogens is 294 g/mol. The minimum Gasteiger partial charge on any atom is -0.450 e. The van der Waals surface area contributed by atoms with E-state index in [1.165, 1.54) is 0 Å². The highest BCUT2D eigenvalue weighted by Crippen LogP contribution is 2.11. The summed E-state index contributed by atoms with van der Waals surface area (Å²) in [5.41, 5.74) is 0.965. The van der Waals surface area contributed by atoms with Crippen LogP contribution < -0.4 is 10.6 Å². The fourth-order valence-corrected chi connectivity index (χ4v) is 2.49. The number of nitrogens with one attached hydrogen (secondary N) is 2. The van der Waals surface area contributed by atoms with Crippen LogP contribution in [0.3, 0.4) is 0 Å². The van der Waals surface area contributed by atoms with Gasteiger partial charge in [-0.25, -0.2) is 4.79 Å². The zero-order chi connectivity index (χ0) is 16.5. The third kappa shape index (κ3) is 5.43. The number of carbonyl (C=O) groups is 1. The van der Waals surface area contributed by atoms with Gasteiger partial charge in [0, 0.05) is 32.4 Å². The van der Waals surface area contributed by atoms with Gasteiger partial charge >= 0.3 is 6.09 Å². The summed E-state index contributed by atoms with van der Waals surface area (Å²) >= 11 is 0. The van der Waals surface area contributed by atoms with E-state index in [9.17, 15) is 4.79 Å². The fraction of sp³-hybridized carbons (Fsp3) is 0.562. The lowest BCUT2D eigenvalue weighted by Crippen LogP contribution is -2.49. The van der Waals surface area contributed by atoms with Crippen molar-refractivity contribution in [2.45, 2.75) is 32.4 Å². The predicted octanol–water partition coefficient (Wildman–Crippen LogP) is 1.37. The number of piperidine rings is 1. The Morgan fingerprint density at radius 3 is 2.83 bits per heavy atom. The maximum Gasteiger partial charge on any atom is 0.409 e. The third-order valence-corrected chi connectivity index (χ3v) is 3.75. The van der Waals surface area contributed by atoms with Crippen LogP contribution in [0.1, 0.15) is 25.5 Å². The number of hydrogen-bond acceptors (Lipinski definition) is 4. The quantitative estimate of drug-likeness (QED) is 0.647. The summed E-state index contributed by atoms with van der Waals surface area (Å²) in [5, 5.41) is 6.66. The highest BCUT2D eigenvalue weighted by Gasteiger charge is 2.23. The van der Waals surface area contributed by atoms with Gasteiger partial charge in [-0.15, -0.1) is 0 Å². The predicted molar refractivity (Wildman–Crippen MR) is 89.2 cm³/mol. The van der Waals surface area contributed by atoms with Gasteiger partial charge in [0.1, 0.15) is 0 Å². The van der Waals surface area contributed by atoms with Crippen molar-refractivity contribution in [1.82, 2.24) is 20.5 Å². The molecule has 1 aliphatic heterocycles. The number of aliphatic imine (C=N–C) groups is 1. The summed E-state index contributed by atoms with van der Waals surface area (Å²) in [4.78, 5) is 22.0. The number of guanidine groups is 1. The smallest absolute Gasteiger partial charge is 0.409 e. The topological polar surface area (TPSA) is 78.8 Å². The first kappa shape index (κ1) is 17.1. The molecule has 0 saturated carbocycles. The average molecular weight is 319 g/mol. The van der Waals surface area contributed by atoms with Gasteiger partial charge < -0.3 is 20.3 Å². The molecule has 0 aliphatic carbocycles. The van der Waals surface area contributed by atoms with Crippen molar-refractivity contribution in [1.29, 1.82) is 0 Å². The monoisotopic (exact) mass is 319 g/mol. The number of amides is 1. The molecule has 7 nitrogen and oxygen atoms in total. The molecule has 23 heavy (non-hydrogen) atoms. The molecule has 0 radical (unpaired) electrons. The number of nitrogens with zero attached hydrogens (tertiary/aromatic N) is 3. The summed E-state index contributed by atoms with van der Waals surface area (Å²) in [6.07, 6.45) is 3.31. The van der Waals surface area contributed by atoms with Crippen LogP contribution in [0.4, 0.5) is 4.79 Å². The van der Waals surface area contributed by atoms with Crippen molar-refractivity contribution in [2.24, 2.45) is 4.99 Å².